The van der Waals surface area contributed by atoms with Crippen LogP contribution >= 0.6 is 11.6 Å². The lowest BCUT2D eigenvalue weighted by Gasteiger charge is -2.31. The molecule has 0 aromatic heterocycles. The van der Waals surface area contributed by atoms with Gasteiger partial charge in [-0.25, -0.2) is 8.42 Å². The normalized spacial score (nSPS) is 17.0. The summed E-state index contributed by atoms with van der Waals surface area (Å²) in [6.45, 7) is 1.62. The maximum atomic E-state index is 12.5. The van der Waals surface area contributed by atoms with Crippen molar-refractivity contribution in [2.45, 2.75) is 6.92 Å². The lowest BCUT2D eigenvalue weighted by atomic mass is 9.98. The third kappa shape index (κ3) is 3.06. The third-order valence-electron chi connectivity index (χ3n) is 3.19. The number of rotatable bonds is 3. The Morgan fingerprint density at radius 3 is 2.62 bits per heavy atom. The summed E-state index contributed by atoms with van der Waals surface area (Å²) < 4.78 is 25.8. The molecule has 0 N–H and O–H groups in total. The van der Waals surface area contributed by atoms with E-state index in [0.717, 1.165) is 0 Å². The van der Waals surface area contributed by atoms with Crippen LogP contribution in [0.1, 0.15) is 17.3 Å². The van der Waals surface area contributed by atoms with E-state index in [1.54, 1.807) is 44.3 Å². The van der Waals surface area contributed by atoms with Crippen LogP contribution in [-0.2, 0) is 10.0 Å². The summed E-state index contributed by atoms with van der Waals surface area (Å²) in [5, 5.41) is 0.405. The SMILES string of the molecule is CCS(=O)(=O)N1C/C(=C/N(C)C)C(=O)c2cc(Cl)ccc21. The zero-order valence-corrected chi connectivity index (χ0v) is 13.7. The minimum atomic E-state index is -3.46. The van der Waals surface area contributed by atoms with E-state index >= 15 is 0 Å². The van der Waals surface area contributed by atoms with Crippen molar-refractivity contribution in [3.05, 3.63) is 40.6 Å². The number of hydrogen-bond donors (Lipinski definition) is 0. The molecule has 1 aliphatic heterocycles. The number of carbonyl (C=O) groups is 1. The van der Waals surface area contributed by atoms with Gasteiger partial charge in [0.2, 0.25) is 10.0 Å². The van der Waals surface area contributed by atoms with Crippen LogP contribution in [0.5, 0.6) is 0 Å². The van der Waals surface area contributed by atoms with Crippen molar-refractivity contribution in [3.8, 4) is 0 Å². The van der Waals surface area contributed by atoms with E-state index in [4.69, 9.17) is 11.6 Å². The Morgan fingerprint density at radius 1 is 1.38 bits per heavy atom. The van der Waals surface area contributed by atoms with Crippen LogP contribution in [0, 0.1) is 0 Å². The number of carbonyl (C=O) groups excluding carboxylic acids is 1. The molecule has 1 aliphatic rings. The van der Waals surface area contributed by atoms with Crippen LogP contribution in [0.3, 0.4) is 0 Å². The van der Waals surface area contributed by atoms with E-state index in [2.05, 4.69) is 0 Å². The minimum Gasteiger partial charge on any atom is -0.383 e. The molecule has 0 bridgehead atoms. The molecule has 0 saturated carbocycles. The van der Waals surface area contributed by atoms with Gasteiger partial charge < -0.3 is 4.90 Å². The Labute approximate surface area is 129 Å². The standard InChI is InChI=1S/C14H17ClN2O3S/c1-4-21(19,20)17-9-10(8-16(2)3)14(18)12-7-11(15)5-6-13(12)17/h5-8H,4,9H2,1-3H3/b10-8-. The average molecular weight is 329 g/mol. The molecule has 0 aliphatic carbocycles. The molecule has 21 heavy (non-hydrogen) atoms. The molecular weight excluding hydrogens is 312 g/mol. The summed E-state index contributed by atoms with van der Waals surface area (Å²) in [7, 11) is 0.107. The first-order chi connectivity index (χ1) is 9.76. The van der Waals surface area contributed by atoms with Gasteiger partial charge in [-0.1, -0.05) is 11.6 Å². The molecule has 1 aromatic carbocycles. The summed E-state index contributed by atoms with van der Waals surface area (Å²) in [4.78, 5) is 14.2. The maximum Gasteiger partial charge on any atom is 0.235 e. The van der Waals surface area contributed by atoms with Crippen molar-refractivity contribution in [2.75, 3.05) is 30.7 Å². The number of anilines is 1. The van der Waals surface area contributed by atoms with Gasteiger partial charge >= 0.3 is 0 Å². The number of halogens is 1. The highest BCUT2D eigenvalue weighted by Crippen LogP contribution is 2.33. The van der Waals surface area contributed by atoms with Gasteiger partial charge in [0.1, 0.15) is 0 Å². The van der Waals surface area contributed by atoms with E-state index in [-0.39, 0.29) is 18.1 Å². The van der Waals surface area contributed by atoms with Crippen LogP contribution in [0.15, 0.2) is 30.0 Å². The fourth-order valence-electron chi connectivity index (χ4n) is 2.21. The molecule has 0 unspecified atom stereocenters. The van der Waals surface area contributed by atoms with E-state index in [9.17, 15) is 13.2 Å². The fourth-order valence-corrected chi connectivity index (χ4v) is 3.49. The van der Waals surface area contributed by atoms with Gasteiger partial charge in [-0.2, -0.15) is 0 Å². The van der Waals surface area contributed by atoms with Crippen LogP contribution in [-0.4, -0.2) is 45.5 Å². The smallest absolute Gasteiger partial charge is 0.235 e. The van der Waals surface area contributed by atoms with Crippen molar-refractivity contribution < 1.29 is 13.2 Å². The highest BCUT2D eigenvalue weighted by atomic mass is 35.5. The fraction of sp³-hybridized carbons (Fsp3) is 0.357. The maximum absolute atomic E-state index is 12.5. The van der Waals surface area contributed by atoms with Crippen molar-refractivity contribution >= 4 is 33.1 Å². The molecule has 1 heterocycles. The third-order valence-corrected chi connectivity index (χ3v) is 5.15. The molecule has 0 radical (unpaired) electrons. The minimum absolute atomic E-state index is 0.0293. The average Bonchev–Trinajstić information content (AvgIpc) is 2.41. The lowest BCUT2D eigenvalue weighted by molar-refractivity contribution is 0.102. The first-order valence-electron chi connectivity index (χ1n) is 6.48. The Kier molecular flexibility index (Phi) is 4.30. The Bertz CT molecular complexity index is 711. The predicted octanol–water partition coefficient (Wildman–Crippen LogP) is 2.14. The quantitative estimate of drug-likeness (QED) is 0.798. The van der Waals surface area contributed by atoms with Crippen LogP contribution < -0.4 is 4.31 Å². The van der Waals surface area contributed by atoms with Gasteiger partial charge in [0.25, 0.3) is 0 Å². The van der Waals surface area contributed by atoms with Gasteiger partial charge in [-0.3, -0.25) is 9.10 Å². The molecule has 0 saturated heterocycles. The first kappa shape index (κ1) is 15.9. The van der Waals surface area contributed by atoms with Gasteiger partial charge in [0, 0.05) is 36.5 Å². The van der Waals surface area contributed by atoms with Gasteiger partial charge in [0.15, 0.2) is 5.78 Å². The molecular formula is C14H17ClN2O3S. The second-order valence-electron chi connectivity index (χ2n) is 5.02. The molecule has 0 fully saturated rings. The van der Waals surface area contributed by atoms with Crippen LogP contribution in [0.2, 0.25) is 5.02 Å². The summed E-state index contributed by atoms with van der Waals surface area (Å²) in [6, 6.07) is 4.68. The molecule has 1 aromatic rings. The molecule has 0 spiro atoms. The Hall–Kier alpha value is -1.53. The largest absolute Gasteiger partial charge is 0.383 e. The number of ketones is 1. The van der Waals surface area contributed by atoms with E-state index in [1.807, 2.05) is 0 Å². The second-order valence-corrected chi connectivity index (χ2v) is 7.63. The van der Waals surface area contributed by atoms with E-state index in [0.29, 0.717) is 21.8 Å². The first-order valence-corrected chi connectivity index (χ1v) is 8.46. The van der Waals surface area contributed by atoms with Gasteiger partial charge in [0.05, 0.1) is 18.0 Å². The van der Waals surface area contributed by atoms with E-state index in [1.165, 1.54) is 10.4 Å². The summed E-state index contributed by atoms with van der Waals surface area (Å²) in [5.74, 6) is -0.220. The van der Waals surface area contributed by atoms with Gasteiger partial charge in [-0.05, 0) is 25.1 Å². The predicted molar refractivity (Wildman–Crippen MR) is 84.4 cm³/mol. The number of sulfonamides is 1. The zero-order valence-electron chi connectivity index (χ0n) is 12.1. The van der Waals surface area contributed by atoms with Crippen LogP contribution in [0.25, 0.3) is 0 Å². The number of benzene rings is 1. The molecule has 5 nitrogen and oxygen atoms in total. The Balaban J connectivity index is 2.65. The number of nitrogens with zero attached hydrogens (tertiary/aromatic N) is 2. The van der Waals surface area contributed by atoms with Crippen molar-refractivity contribution in [3.63, 3.8) is 0 Å². The molecule has 7 heteroatoms. The summed E-state index contributed by atoms with van der Waals surface area (Å²) in [6.07, 6.45) is 1.64. The second kappa shape index (κ2) is 5.69. The number of Topliss-reactive ketones (excluding diaryl/α,β-unsaturated/α-hetero) is 1. The highest BCUT2D eigenvalue weighted by Gasteiger charge is 2.33. The highest BCUT2D eigenvalue weighted by molar-refractivity contribution is 7.92. The lowest BCUT2D eigenvalue weighted by Crippen LogP contribution is -2.40. The zero-order chi connectivity index (χ0) is 15.8. The summed E-state index contributed by atoms with van der Waals surface area (Å²) in [5.41, 5.74) is 1.13. The van der Waals surface area contributed by atoms with Crippen molar-refractivity contribution in [1.82, 2.24) is 4.90 Å². The van der Waals surface area contributed by atoms with E-state index < -0.39 is 10.0 Å². The topological polar surface area (TPSA) is 57.7 Å². The van der Waals surface area contributed by atoms with Crippen molar-refractivity contribution in [2.24, 2.45) is 0 Å². The Morgan fingerprint density at radius 2 is 2.05 bits per heavy atom. The molecule has 0 atom stereocenters. The monoisotopic (exact) mass is 328 g/mol. The van der Waals surface area contributed by atoms with Crippen LogP contribution in [0.4, 0.5) is 5.69 Å². The summed E-state index contributed by atoms with van der Waals surface area (Å²) >= 11 is 5.94. The molecule has 114 valence electrons. The molecule has 2 rings (SSSR count). The molecule has 0 amide bonds. The number of fused-ring (bicyclic) bond motifs is 1. The van der Waals surface area contributed by atoms with Gasteiger partial charge in [-0.15, -0.1) is 0 Å². The number of hydrogen-bond acceptors (Lipinski definition) is 4. The van der Waals surface area contributed by atoms with Crippen molar-refractivity contribution in [1.29, 1.82) is 0 Å².